The smallest absolute Gasteiger partial charge is 0.329 e. The summed E-state index contributed by atoms with van der Waals surface area (Å²) in [6.07, 6.45) is 1.30. The van der Waals surface area contributed by atoms with E-state index in [-0.39, 0.29) is 10.8 Å². The largest absolute Gasteiger partial charge is 0.506 e. The molecule has 0 radical (unpaired) electrons. The molecule has 2 aromatic carbocycles. The van der Waals surface area contributed by atoms with Crippen LogP contribution in [-0.2, 0) is 9.59 Å². The number of halogens is 1. The number of amides is 2. The lowest BCUT2D eigenvalue weighted by molar-refractivity contribution is -0.136. The van der Waals surface area contributed by atoms with Crippen LogP contribution >= 0.6 is 11.6 Å². The molecule has 2 amide bonds. The van der Waals surface area contributed by atoms with Crippen LogP contribution < -0.4 is 15.5 Å². The number of anilines is 1. The minimum absolute atomic E-state index is 0.0600. The fourth-order valence-corrected chi connectivity index (χ4v) is 2.04. The highest BCUT2D eigenvalue weighted by Gasteiger charge is 2.15. The van der Waals surface area contributed by atoms with E-state index in [0.29, 0.717) is 23.6 Å². The third kappa shape index (κ3) is 5.22. The molecule has 130 valence electrons. The molecule has 0 saturated heterocycles. The summed E-state index contributed by atoms with van der Waals surface area (Å²) in [6, 6.07) is 11.2. The van der Waals surface area contributed by atoms with Gasteiger partial charge in [-0.1, -0.05) is 23.7 Å². The van der Waals surface area contributed by atoms with Gasteiger partial charge in [-0.3, -0.25) is 9.59 Å². The molecule has 0 heterocycles. The Morgan fingerprint density at radius 3 is 2.72 bits per heavy atom. The van der Waals surface area contributed by atoms with E-state index in [1.165, 1.54) is 18.3 Å². The highest BCUT2D eigenvalue weighted by Crippen LogP contribution is 2.24. The maximum atomic E-state index is 11.9. The fraction of sp³-hybridized carbons (Fsp3) is 0.118. The van der Waals surface area contributed by atoms with Crippen LogP contribution in [0.1, 0.15) is 12.5 Å². The summed E-state index contributed by atoms with van der Waals surface area (Å²) in [5.41, 5.74) is 3.04. The molecular formula is C17H16ClN3O4. The van der Waals surface area contributed by atoms with Gasteiger partial charge in [0.05, 0.1) is 23.5 Å². The molecule has 8 heteroatoms. The van der Waals surface area contributed by atoms with E-state index in [4.69, 9.17) is 16.3 Å². The zero-order valence-corrected chi connectivity index (χ0v) is 14.1. The molecule has 0 atom stereocenters. The van der Waals surface area contributed by atoms with Gasteiger partial charge in [0.15, 0.2) is 0 Å². The first-order valence-electron chi connectivity index (χ1n) is 7.36. The minimum atomic E-state index is -0.938. The summed E-state index contributed by atoms with van der Waals surface area (Å²) in [6.45, 7) is 2.24. The van der Waals surface area contributed by atoms with Crippen molar-refractivity contribution in [2.24, 2.45) is 5.10 Å². The number of para-hydroxylation sites is 2. The van der Waals surface area contributed by atoms with Crippen molar-refractivity contribution in [3.05, 3.63) is 53.1 Å². The number of benzene rings is 2. The second-order valence-corrected chi connectivity index (χ2v) is 5.20. The molecule has 0 spiro atoms. The number of carbonyl (C=O) groups excluding carboxylic acids is 2. The molecule has 0 aliphatic carbocycles. The molecule has 25 heavy (non-hydrogen) atoms. The van der Waals surface area contributed by atoms with E-state index in [1.54, 1.807) is 30.3 Å². The van der Waals surface area contributed by atoms with Gasteiger partial charge in [0.1, 0.15) is 11.5 Å². The molecule has 0 fully saturated rings. The van der Waals surface area contributed by atoms with Crippen molar-refractivity contribution in [1.82, 2.24) is 5.43 Å². The number of hydrogen-bond donors (Lipinski definition) is 3. The normalized spacial score (nSPS) is 10.5. The van der Waals surface area contributed by atoms with Crippen molar-refractivity contribution in [3.8, 4) is 11.5 Å². The van der Waals surface area contributed by atoms with Crippen LogP contribution in [0.25, 0.3) is 0 Å². The lowest BCUT2D eigenvalue weighted by Gasteiger charge is -2.10. The lowest BCUT2D eigenvalue weighted by atomic mass is 10.2. The van der Waals surface area contributed by atoms with Crippen molar-refractivity contribution >= 4 is 35.3 Å². The van der Waals surface area contributed by atoms with Gasteiger partial charge in [0.2, 0.25) is 0 Å². The van der Waals surface area contributed by atoms with Crippen molar-refractivity contribution < 1.29 is 19.4 Å². The molecule has 2 aromatic rings. The standard InChI is InChI=1S/C17H16ClN3O4/c1-2-25-15-6-4-3-5-13(15)20-16(23)17(24)21-19-10-11-7-8-14(22)12(18)9-11/h3-10,22H,2H2,1H3,(H,20,23)(H,21,24)/b19-10-. The first kappa shape index (κ1) is 18.3. The first-order valence-corrected chi connectivity index (χ1v) is 7.73. The second kappa shape index (κ2) is 8.70. The Morgan fingerprint density at radius 1 is 1.24 bits per heavy atom. The SMILES string of the molecule is CCOc1ccccc1NC(=O)C(=O)N/N=C\c1ccc(O)c(Cl)c1. The predicted molar refractivity (Wildman–Crippen MR) is 95.1 cm³/mol. The molecule has 0 aliphatic rings. The lowest BCUT2D eigenvalue weighted by Crippen LogP contribution is -2.32. The summed E-state index contributed by atoms with van der Waals surface area (Å²) >= 11 is 5.76. The number of rotatable bonds is 5. The van der Waals surface area contributed by atoms with Crippen molar-refractivity contribution in [3.63, 3.8) is 0 Å². The highest BCUT2D eigenvalue weighted by molar-refractivity contribution is 6.39. The number of ether oxygens (including phenoxy) is 1. The van der Waals surface area contributed by atoms with Gasteiger partial charge in [-0.2, -0.15) is 5.10 Å². The molecule has 0 saturated carbocycles. The van der Waals surface area contributed by atoms with Crippen LogP contribution in [0.2, 0.25) is 5.02 Å². The zero-order chi connectivity index (χ0) is 18.2. The van der Waals surface area contributed by atoms with E-state index in [9.17, 15) is 14.7 Å². The van der Waals surface area contributed by atoms with Crippen LogP contribution in [0.3, 0.4) is 0 Å². The summed E-state index contributed by atoms with van der Waals surface area (Å²) in [7, 11) is 0. The Balaban J connectivity index is 1.95. The van der Waals surface area contributed by atoms with Gasteiger partial charge in [-0.15, -0.1) is 0 Å². The monoisotopic (exact) mass is 361 g/mol. The quantitative estimate of drug-likeness (QED) is 0.433. The van der Waals surface area contributed by atoms with Crippen LogP contribution in [0, 0.1) is 0 Å². The third-order valence-corrected chi connectivity index (χ3v) is 3.30. The first-order chi connectivity index (χ1) is 12.0. The molecular weight excluding hydrogens is 346 g/mol. The minimum Gasteiger partial charge on any atom is -0.506 e. The predicted octanol–water partition coefficient (Wildman–Crippen LogP) is 2.53. The Morgan fingerprint density at radius 2 is 2.00 bits per heavy atom. The number of carbonyl (C=O) groups is 2. The number of phenolic OH excluding ortho intramolecular Hbond substituents is 1. The van der Waals surface area contributed by atoms with E-state index in [1.807, 2.05) is 6.92 Å². The average Bonchev–Trinajstić information content (AvgIpc) is 2.60. The molecule has 0 aromatic heterocycles. The van der Waals surface area contributed by atoms with Crippen molar-refractivity contribution in [2.75, 3.05) is 11.9 Å². The molecule has 7 nitrogen and oxygen atoms in total. The van der Waals surface area contributed by atoms with Crippen LogP contribution in [0.15, 0.2) is 47.6 Å². The van der Waals surface area contributed by atoms with Crippen molar-refractivity contribution in [1.29, 1.82) is 0 Å². The summed E-state index contributed by atoms with van der Waals surface area (Å²) in [4.78, 5) is 23.7. The Labute approximate surface area is 149 Å². The number of hydrogen-bond acceptors (Lipinski definition) is 5. The fourth-order valence-electron chi connectivity index (χ4n) is 1.85. The Hall–Kier alpha value is -3.06. The zero-order valence-electron chi connectivity index (χ0n) is 13.3. The van der Waals surface area contributed by atoms with Gasteiger partial charge in [0, 0.05) is 0 Å². The summed E-state index contributed by atoms with van der Waals surface area (Å²) in [5, 5.41) is 15.6. The number of aromatic hydroxyl groups is 1. The van der Waals surface area contributed by atoms with E-state index >= 15 is 0 Å². The average molecular weight is 362 g/mol. The highest BCUT2D eigenvalue weighted by atomic mass is 35.5. The van der Waals surface area contributed by atoms with Gasteiger partial charge < -0.3 is 15.2 Å². The second-order valence-electron chi connectivity index (χ2n) is 4.79. The van der Waals surface area contributed by atoms with E-state index < -0.39 is 11.8 Å². The number of nitrogens with zero attached hydrogens (tertiary/aromatic N) is 1. The van der Waals surface area contributed by atoms with E-state index in [2.05, 4.69) is 15.8 Å². The van der Waals surface area contributed by atoms with Crippen LogP contribution in [0.5, 0.6) is 11.5 Å². The molecule has 3 N–H and O–H groups in total. The van der Waals surface area contributed by atoms with Gasteiger partial charge in [-0.05, 0) is 42.8 Å². The summed E-state index contributed by atoms with van der Waals surface area (Å²) < 4.78 is 5.37. The van der Waals surface area contributed by atoms with Gasteiger partial charge >= 0.3 is 11.8 Å². The molecule has 0 aliphatic heterocycles. The van der Waals surface area contributed by atoms with Gasteiger partial charge in [-0.25, -0.2) is 5.43 Å². The summed E-state index contributed by atoms with van der Waals surface area (Å²) in [5.74, 6) is -1.41. The van der Waals surface area contributed by atoms with Gasteiger partial charge in [0.25, 0.3) is 0 Å². The molecule has 0 unspecified atom stereocenters. The maximum Gasteiger partial charge on any atom is 0.329 e. The van der Waals surface area contributed by atoms with Crippen LogP contribution in [-0.4, -0.2) is 29.7 Å². The Bertz CT molecular complexity index is 808. The molecule has 0 bridgehead atoms. The number of nitrogens with one attached hydrogen (secondary N) is 2. The maximum absolute atomic E-state index is 11.9. The topological polar surface area (TPSA) is 100 Å². The van der Waals surface area contributed by atoms with Crippen LogP contribution in [0.4, 0.5) is 5.69 Å². The van der Waals surface area contributed by atoms with Crippen molar-refractivity contribution in [2.45, 2.75) is 6.92 Å². The molecule has 2 rings (SSSR count). The Kier molecular flexibility index (Phi) is 6.36. The number of phenols is 1. The third-order valence-electron chi connectivity index (χ3n) is 2.99. The van der Waals surface area contributed by atoms with E-state index in [0.717, 1.165) is 0 Å². The number of hydrazone groups is 1.